The zero-order valence-electron chi connectivity index (χ0n) is 16.2. The number of amides is 2. The highest BCUT2D eigenvalue weighted by atomic mass is 16.5. The molecule has 148 valence electrons. The Morgan fingerprint density at radius 2 is 1.93 bits per heavy atom. The van der Waals surface area contributed by atoms with E-state index in [-0.39, 0.29) is 17.2 Å². The third-order valence-corrected chi connectivity index (χ3v) is 5.90. The van der Waals surface area contributed by atoms with Crippen LogP contribution in [0.15, 0.2) is 36.4 Å². The molecule has 2 aromatic rings. The average molecular weight is 382 g/mol. The van der Waals surface area contributed by atoms with Gasteiger partial charge < -0.3 is 15.0 Å². The van der Waals surface area contributed by atoms with Gasteiger partial charge in [0.05, 0.1) is 18.8 Å². The molecule has 0 unspecified atom stereocenters. The van der Waals surface area contributed by atoms with Crippen molar-refractivity contribution in [3.8, 4) is 0 Å². The van der Waals surface area contributed by atoms with Crippen molar-refractivity contribution < 1.29 is 14.3 Å². The molecule has 1 fully saturated rings. The summed E-state index contributed by atoms with van der Waals surface area (Å²) < 4.78 is 7.39. The zero-order valence-corrected chi connectivity index (χ0v) is 16.2. The second kappa shape index (κ2) is 7.75. The smallest absolute Gasteiger partial charge is 0.271 e. The van der Waals surface area contributed by atoms with Crippen molar-refractivity contribution in [2.45, 2.75) is 38.3 Å². The van der Waals surface area contributed by atoms with Gasteiger partial charge >= 0.3 is 0 Å². The highest BCUT2D eigenvalue weighted by Gasteiger charge is 2.35. The summed E-state index contributed by atoms with van der Waals surface area (Å²) in [7, 11) is 0. The maximum absolute atomic E-state index is 12.8. The molecule has 28 heavy (non-hydrogen) atoms. The molecule has 0 radical (unpaired) electrons. The molecule has 0 atom stereocenters. The number of carbonyl (C=O) groups excluding carboxylic acids is 2. The Morgan fingerprint density at radius 1 is 1.18 bits per heavy atom. The normalized spacial score (nSPS) is 18.4. The maximum Gasteiger partial charge on any atom is 0.271 e. The Bertz CT molecular complexity index is 856. The van der Waals surface area contributed by atoms with Gasteiger partial charge in [0.1, 0.15) is 0 Å². The highest BCUT2D eigenvalue weighted by molar-refractivity contribution is 5.92. The van der Waals surface area contributed by atoms with Crippen LogP contribution in [0.2, 0.25) is 0 Å². The Balaban J connectivity index is 1.47. The minimum Gasteiger partial charge on any atom is -0.381 e. The van der Waals surface area contributed by atoms with Gasteiger partial charge in [0.15, 0.2) is 5.69 Å². The summed E-state index contributed by atoms with van der Waals surface area (Å²) in [6.07, 6.45) is 1.76. The van der Waals surface area contributed by atoms with Gasteiger partial charge in [-0.05, 0) is 24.5 Å². The molecule has 3 heterocycles. The molecule has 0 spiro atoms. The molecule has 0 aliphatic carbocycles. The van der Waals surface area contributed by atoms with E-state index in [1.165, 1.54) is 5.56 Å². The molecule has 7 nitrogen and oxygen atoms in total. The minimum absolute atomic E-state index is 0.0442. The standard InChI is InChI=1S/C21H26N4O3/c1-16(26)24-9-10-25-18(14-24)13-19(23-25)20(27)22-15-21(7-11-28-12-8-21)17-5-3-2-4-6-17/h2-6,13H,7-12,14-15H2,1H3,(H,22,27). The fourth-order valence-corrected chi connectivity index (χ4v) is 4.11. The van der Waals surface area contributed by atoms with Crippen LogP contribution in [0.4, 0.5) is 0 Å². The molecule has 1 N–H and O–H groups in total. The molecule has 0 bridgehead atoms. The van der Waals surface area contributed by atoms with Crippen molar-refractivity contribution in [3.63, 3.8) is 0 Å². The molecule has 2 aliphatic rings. The van der Waals surface area contributed by atoms with Crippen molar-refractivity contribution in [2.75, 3.05) is 26.3 Å². The minimum atomic E-state index is -0.168. The largest absolute Gasteiger partial charge is 0.381 e. The molecule has 1 saturated heterocycles. The average Bonchev–Trinajstić information content (AvgIpc) is 3.17. The Hall–Kier alpha value is -2.67. The summed E-state index contributed by atoms with van der Waals surface area (Å²) >= 11 is 0. The van der Waals surface area contributed by atoms with E-state index in [0.717, 1.165) is 18.5 Å². The summed E-state index contributed by atoms with van der Waals surface area (Å²) in [5.74, 6) is -0.124. The van der Waals surface area contributed by atoms with Crippen molar-refractivity contribution in [2.24, 2.45) is 0 Å². The topological polar surface area (TPSA) is 76.5 Å². The molecule has 7 heteroatoms. The van der Waals surface area contributed by atoms with Gasteiger partial charge in [-0.15, -0.1) is 0 Å². The van der Waals surface area contributed by atoms with Crippen molar-refractivity contribution in [3.05, 3.63) is 53.3 Å². The number of fused-ring (bicyclic) bond motifs is 1. The third-order valence-electron chi connectivity index (χ3n) is 5.90. The fraction of sp³-hybridized carbons (Fsp3) is 0.476. The number of benzene rings is 1. The molecular formula is C21H26N4O3. The first-order chi connectivity index (χ1) is 13.6. The number of nitrogens with zero attached hydrogens (tertiary/aromatic N) is 3. The van der Waals surface area contributed by atoms with Crippen molar-refractivity contribution >= 4 is 11.8 Å². The van der Waals surface area contributed by atoms with Gasteiger partial charge in [-0.3, -0.25) is 14.3 Å². The van der Waals surface area contributed by atoms with E-state index < -0.39 is 0 Å². The van der Waals surface area contributed by atoms with Crippen LogP contribution in [0.5, 0.6) is 0 Å². The SMILES string of the molecule is CC(=O)N1CCn2nc(C(=O)NCC3(c4ccccc4)CCOCC3)cc2C1. The monoisotopic (exact) mass is 382 g/mol. The fourth-order valence-electron chi connectivity index (χ4n) is 4.11. The number of nitrogens with one attached hydrogen (secondary N) is 1. The first-order valence-electron chi connectivity index (χ1n) is 9.81. The lowest BCUT2D eigenvalue weighted by atomic mass is 9.74. The lowest BCUT2D eigenvalue weighted by molar-refractivity contribution is -0.130. The second-order valence-corrected chi connectivity index (χ2v) is 7.63. The number of ether oxygens (including phenoxy) is 1. The summed E-state index contributed by atoms with van der Waals surface area (Å²) in [5.41, 5.74) is 2.44. The molecule has 2 amide bonds. The van der Waals surface area contributed by atoms with E-state index in [2.05, 4.69) is 22.5 Å². The van der Waals surface area contributed by atoms with Crippen molar-refractivity contribution in [1.82, 2.24) is 20.0 Å². The lowest BCUT2D eigenvalue weighted by Gasteiger charge is -2.37. The van der Waals surface area contributed by atoms with Crippen LogP contribution < -0.4 is 5.32 Å². The molecule has 1 aromatic carbocycles. The van der Waals surface area contributed by atoms with Crippen LogP contribution in [-0.2, 0) is 28.0 Å². The van der Waals surface area contributed by atoms with E-state index in [0.29, 0.717) is 45.1 Å². The summed E-state index contributed by atoms with van der Waals surface area (Å²) in [5, 5.41) is 7.55. The summed E-state index contributed by atoms with van der Waals surface area (Å²) in [6.45, 7) is 5.27. The van der Waals surface area contributed by atoms with Crippen molar-refractivity contribution in [1.29, 1.82) is 0 Å². The maximum atomic E-state index is 12.8. The Kier molecular flexibility index (Phi) is 5.17. The Labute approximate surface area is 164 Å². The highest BCUT2D eigenvalue weighted by Crippen LogP contribution is 2.34. The van der Waals surface area contributed by atoms with E-state index >= 15 is 0 Å². The van der Waals surface area contributed by atoms with E-state index in [4.69, 9.17) is 4.74 Å². The van der Waals surface area contributed by atoms with Gasteiger partial charge in [0.25, 0.3) is 5.91 Å². The van der Waals surface area contributed by atoms with Crippen LogP contribution >= 0.6 is 0 Å². The van der Waals surface area contributed by atoms with E-state index in [1.807, 2.05) is 22.9 Å². The first kappa shape index (κ1) is 18.7. The molecule has 4 rings (SSSR count). The van der Waals surface area contributed by atoms with Gasteiger partial charge in [-0.2, -0.15) is 5.10 Å². The first-order valence-corrected chi connectivity index (χ1v) is 9.81. The van der Waals surface area contributed by atoms with Crippen LogP contribution in [0.1, 0.15) is 41.5 Å². The number of hydrogen-bond acceptors (Lipinski definition) is 4. The second-order valence-electron chi connectivity index (χ2n) is 7.63. The van der Waals surface area contributed by atoms with Gasteiger partial charge in [-0.25, -0.2) is 0 Å². The van der Waals surface area contributed by atoms with Crippen LogP contribution in [0, 0.1) is 0 Å². The van der Waals surface area contributed by atoms with Gasteiger partial charge in [0, 0.05) is 38.6 Å². The van der Waals surface area contributed by atoms with Crippen LogP contribution in [0.25, 0.3) is 0 Å². The number of rotatable bonds is 4. The molecule has 2 aliphatic heterocycles. The number of hydrogen-bond donors (Lipinski definition) is 1. The van der Waals surface area contributed by atoms with Gasteiger partial charge in [-0.1, -0.05) is 30.3 Å². The number of carbonyl (C=O) groups is 2. The summed E-state index contributed by atoms with van der Waals surface area (Å²) in [6, 6.07) is 12.1. The third kappa shape index (κ3) is 3.67. The zero-order chi connectivity index (χ0) is 19.6. The molecular weight excluding hydrogens is 356 g/mol. The van der Waals surface area contributed by atoms with E-state index in [1.54, 1.807) is 17.9 Å². The van der Waals surface area contributed by atoms with Crippen LogP contribution in [-0.4, -0.2) is 52.8 Å². The summed E-state index contributed by atoms with van der Waals surface area (Å²) in [4.78, 5) is 26.2. The quantitative estimate of drug-likeness (QED) is 0.874. The van der Waals surface area contributed by atoms with Gasteiger partial charge in [0.2, 0.25) is 5.91 Å². The Morgan fingerprint density at radius 3 is 2.64 bits per heavy atom. The predicted octanol–water partition coefficient (Wildman–Crippen LogP) is 1.72. The molecule has 1 aromatic heterocycles. The predicted molar refractivity (Wildman–Crippen MR) is 104 cm³/mol. The number of aromatic nitrogens is 2. The van der Waals surface area contributed by atoms with Crippen LogP contribution in [0.3, 0.4) is 0 Å². The lowest BCUT2D eigenvalue weighted by Crippen LogP contribution is -2.44. The van der Waals surface area contributed by atoms with E-state index in [9.17, 15) is 9.59 Å². The molecule has 0 saturated carbocycles.